The quantitative estimate of drug-likeness (QED) is 0.832. The van der Waals surface area contributed by atoms with E-state index in [-0.39, 0.29) is 5.89 Å². The minimum atomic E-state index is -1.04. The van der Waals surface area contributed by atoms with Crippen molar-refractivity contribution >= 4 is 12.0 Å². The second kappa shape index (κ2) is 5.95. The highest BCUT2D eigenvalue weighted by Crippen LogP contribution is 2.11. The minimum Gasteiger partial charge on any atom is -0.478 e. The fraction of sp³-hybridized carbons (Fsp3) is 0.214. The van der Waals surface area contributed by atoms with Crippen LogP contribution in [0, 0.1) is 6.92 Å². The van der Waals surface area contributed by atoms with Gasteiger partial charge in [0.05, 0.1) is 0 Å². The van der Waals surface area contributed by atoms with Crippen molar-refractivity contribution in [2.75, 3.05) is 0 Å². The molecule has 0 saturated heterocycles. The third-order valence-electron chi connectivity index (χ3n) is 2.72. The standard InChI is InChI=1S/C14H14N2O3/c1-10-4-2-3-5-11(10)6-7-12-15-16-13(19-12)8-9-14(17)18/h2-5,8-9H,6-7H2,1H3,(H,17,18)/b9-8+. The molecule has 2 rings (SSSR count). The fourth-order valence-corrected chi connectivity index (χ4v) is 1.71. The van der Waals surface area contributed by atoms with Gasteiger partial charge in [0.2, 0.25) is 11.8 Å². The topological polar surface area (TPSA) is 76.2 Å². The third-order valence-corrected chi connectivity index (χ3v) is 2.72. The average molecular weight is 258 g/mol. The zero-order valence-corrected chi connectivity index (χ0v) is 10.5. The second-order valence-electron chi connectivity index (χ2n) is 4.13. The van der Waals surface area contributed by atoms with E-state index in [0.717, 1.165) is 12.5 Å². The highest BCUT2D eigenvalue weighted by molar-refractivity contribution is 5.84. The molecular formula is C14H14N2O3. The molecule has 0 radical (unpaired) electrons. The summed E-state index contributed by atoms with van der Waals surface area (Å²) in [5.41, 5.74) is 2.47. The maximum Gasteiger partial charge on any atom is 0.328 e. The van der Waals surface area contributed by atoms with Gasteiger partial charge in [-0.15, -0.1) is 10.2 Å². The number of carbonyl (C=O) groups is 1. The molecule has 5 heteroatoms. The summed E-state index contributed by atoms with van der Waals surface area (Å²) < 4.78 is 5.32. The summed E-state index contributed by atoms with van der Waals surface area (Å²) in [4.78, 5) is 10.4. The summed E-state index contributed by atoms with van der Waals surface area (Å²) in [6.07, 6.45) is 3.71. The van der Waals surface area contributed by atoms with E-state index in [9.17, 15) is 4.79 Å². The Morgan fingerprint density at radius 3 is 2.84 bits per heavy atom. The van der Waals surface area contributed by atoms with Crippen molar-refractivity contribution in [2.45, 2.75) is 19.8 Å². The van der Waals surface area contributed by atoms with Gasteiger partial charge >= 0.3 is 5.97 Å². The summed E-state index contributed by atoms with van der Waals surface area (Å²) in [5, 5.41) is 16.1. The summed E-state index contributed by atoms with van der Waals surface area (Å²) >= 11 is 0. The van der Waals surface area contributed by atoms with Gasteiger partial charge in [-0.05, 0) is 24.5 Å². The van der Waals surface area contributed by atoms with Gasteiger partial charge in [-0.2, -0.15) is 0 Å². The molecule has 1 heterocycles. The average Bonchev–Trinajstić information content (AvgIpc) is 2.83. The largest absolute Gasteiger partial charge is 0.478 e. The molecule has 0 bridgehead atoms. The van der Waals surface area contributed by atoms with Crippen LogP contribution in [-0.4, -0.2) is 21.3 Å². The molecule has 0 spiro atoms. The van der Waals surface area contributed by atoms with Crippen LogP contribution in [0.25, 0.3) is 6.08 Å². The molecule has 0 aliphatic heterocycles. The summed E-state index contributed by atoms with van der Waals surface area (Å²) in [7, 11) is 0. The Hall–Kier alpha value is -2.43. The van der Waals surface area contributed by atoms with Crippen molar-refractivity contribution in [1.29, 1.82) is 0 Å². The van der Waals surface area contributed by atoms with Crippen LogP contribution in [0.5, 0.6) is 0 Å². The van der Waals surface area contributed by atoms with Crippen molar-refractivity contribution < 1.29 is 14.3 Å². The number of aryl methyl sites for hydroxylation is 3. The predicted octanol–water partition coefficient (Wildman–Crippen LogP) is 2.26. The first-order chi connectivity index (χ1) is 9.15. The number of carboxylic acids is 1. The molecule has 98 valence electrons. The van der Waals surface area contributed by atoms with E-state index in [1.54, 1.807) is 0 Å². The first-order valence-electron chi connectivity index (χ1n) is 5.93. The predicted molar refractivity (Wildman–Crippen MR) is 69.6 cm³/mol. The number of carboxylic acid groups (broad SMARTS) is 1. The lowest BCUT2D eigenvalue weighted by molar-refractivity contribution is -0.131. The zero-order valence-electron chi connectivity index (χ0n) is 10.5. The monoisotopic (exact) mass is 258 g/mol. The van der Waals surface area contributed by atoms with Gasteiger partial charge in [0.1, 0.15) is 0 Å². The summed E-state index contributed by atoms with van der Waals surface area (Å²) in [6, 6.07) is 8.12. The normalized spacial score (nSPS) is 11.0. The van der Waals surface area contributed by atoms with Gasteiger partial charge in [-0.1, -0.05) is 24.3 Å². The molecule has 5 nitrogen and oxygen atoms in total. The summed E-state index contributed by atoms with van der Waals surface area (Å²) in [5.74, 6) is -0.324. The number of benzene rings is 1. The highest BCUT2D eigenvalue weighted by Gasteiger charge is 2.05. The Morgan fingerprint density at radius 2 is 2.11 bits per heavy atom. The molecule has 1 aromatic heterocycles. The van der Waals surface area contributed by atoms with E-state index >= 15 is 0 Å². The number of hydrogen-bond acceptors (Lipinski definition) is 4. The van der Waals surface area contributed by atoms with Crippen molar-refractivity contribution in [2.24, 2.45) is 0 Å². The Bertz CT molecular complexity index is 602. The molecule has 0 amide bonds. The lowest BCUT2D eigenvalue weighted by Crippen LogP contribution is -1.94. The minimum absolute atomic E-state index is 0.210. The molecule has 1 aromatic carbocycles. The molecule has 0 atom stereocenters. The van der Waals surface area contributed by atoms with E-state index < -0.39 is 5.97 Å². The molecule has 19 heavy (non-hydrogen) atoms. The Labute approximate surface area is 110 Å². The van der Waals surface area contributed by atoms with Crippen molar-refractivity contribution in [3.05, 3.63) is 53.2 Å². The van der Waals surface area contributed by atoms with Crippen LogP contribution in [0.15, 0.2) is 34.8 Å². The summed E-state index contributed by atoms with van der Waals surface area (Å²) in [6.45, 7) is 2.06. The molecule has 0 fully saturated rings. The lowest BCUT2D eigenvalue weighted by Gasteiger charge is -2.02. The maximum absolute atomic E-state index is 10.4. The molecule has 0 saturated carbocycles. The first-order valence-corrected chi connectivity index (χ1v) is 5.93. The molecule has 1 N–H and O–H groups in total. The van der Waals surface area contributed by atoms with Gasteiger partial charge in [0, 0.05) is 18.6 Å². The number of aliphatic carboxylic acids is 1. The number of rotatable bonds is 5. The fourth-order valence-electron chi connectivity index (χ4n) is 1.71. The first kappa shape index (κ1) is 13.0. The van der Waals surface area contributed by atoms with E-state index in [1.807, 2.05) is 12.1 Å². The van der Waals surface area contributed by atoms with E-state index in [1.165, 1.54) is 17.2 Å². The van der Waals surface area contributed by atoms with Crippen LogP contribution in [0.2, 0.25) is 0 Å². The Morgan fingerprint density at radius 1 is 1.32 bits per heavy atom. The molecule has 0 aliphatic rings. The maximum atomic E-state index is 10.4. The van der Waals surface area contributed by atoms with Crippen LogP contribution in [0.3, 0.4) is 0 Å². The van der Waals surface area contributed by atoms with Crippen molar-refractivity contribution in [3.63, 3.8) is 0 Å². The van der Waals surface area contributed by atoms with Gasteiger partial charge < -0.3 is 9.52 Å². The molecular weight excluding hydrogens is 244 g/mol. The SMILES string of the molecule is Cc1ccccc1CCc1nnc(/C=C/C(=O)O)o1. The van der Waals surface area contributed by atoms with Gasteiger partial charge in [0.25, 0.3) is 0 Å². The Kier molecular flexibility index (Phi) is 4.07. The van der Waals surface area contributed by atoms with Crippen molar-refractivity contribution in [1.82, 2.24) is 10.2 Å². The smallest absolute Gasteiger partial charge is 0.328 e. The van der Waals surface area contributed by atoms with Gasteiger partial charge in [-0.3, -0.25) is 0 Å². The van der Waals surface area contributed by atoms with Crippen molar-refractivity contribution in [3.8, 4) is 0 Å². The van der Waals surface area contributed by atoms with Crippen LogP contribution in [-0.2, 0) is 17.6 Å². The molecule has 0 aliphatic carbocycles. The van der Waals surface area contributed by atoms with E-state index in [0.29, 0.717) is 12.3 Å². The van der Waals surface area contributed by atoms with Crippen LogP contribution in [0.4, 0.5) is 0 Å². The Balaban J connectivity index is 1.97. The zero-order chi connectivity index (χ0) is 13.7. The van der Waals surface area contributed by atoms with E-state index in [4.69, 9.17) is 9.52 Å². The number of hydrogen-bond donors (Lipinski definition) is 1. The highest BCUT2D eigenvalue weighted by atomic mass is 16.4. The van der Waals surface area contributed by atoms with Crippen LogP contribution in [0.1, 0.15) is 22.9 Å². The van der Waals surface area contributed by atoms with Gasteiger partial charge in [0.15, 0.2) is 0 Å². The lowest BCUT2D eigenvalue weighted by atomic mass is 10.0. The number of nitrogens with zero attached hydrogens (tertiary/aromatic N) is 2. The molecule has 0 unspecified atom stereocenters. The van der Waals surface area contributed by atoms with E-state index in [2.05, 4.69) is 29.3 Å². The second-order valence-corrected chi connectivity index (χ2v) is 4.13. The third kappa shape index (κ3) is 3.77. The van der Waals surface area contributed by atoms with Gasteiger partial charge in [-0.25, -0.2) is 4.79 Å². The van der Waals surface area contributed by atoms with Crippen LogP contribution >= 0.6 is 0 Å². The molecule has 2 aromatic rings. The van der Waals surface area contributed by atoms with Crippen LogP contribution < -0.4 is 0 Å². The number of aromatic nitrogens is 2.